The molecule has 0 aliphatic carbocycles. The van der Waals surface area contributed by atoms with E-state index < -0.39 is 0 Å². The summed E-state index contributed by atoms with van der Waals surface area (Å²) in [6, 6.07) is 7.17. The Bertz CT molecular complexity index is 822. The van der Waals surface area contributed by atoms with Crippen LogP contribution in [0.25, 0.3) is 10.8 Å². The number of nitrogens with one attached hydrogen (secondary N) is 1. The lowest BCUT2D eigenvalue weighted by Gasteiger charge is -2.32. The molecular formula is C18H25N5O2. The summed E-state index contributed by atoms with van der Waals surface area (Å²) in [5.41, 5.74) is 3.09. The molecule has 134 valence electrons. The number of benzene rings is 1. The van der Waals surface area contributed by atoms with Crippen LogP contribution >= 0.6 is 0 Å². The van der Waals surface area contributed by atoms with Crippen molar-refractivity contribution in [1.82, 2.24) is 25.1 Å². The third-order valence-electron chi connectivity index (χ3n) is 4.38. The van der Waals surface area contributed by atoms with E-state index in [0.29, 0.717) is 23.0 Å². The summed E-state index contributed by atoms with van der Waals surface area (Å²) < 4.78 is 1.41. The Morgan fingerprint density at radius 2 is 1.80 bits per heavy atom. The molecule has 7 nitrogen and oxygen atoms in total. The number of fused-ring (bicyclic) bond motifs is 1. The summed E-state index contributed by atoms with van der Waals surface area (Å²) in [5, 5.41) is 7.42. The number of carbonyl (C=O) groups is 1. The second-order valence-corrected chi connectivity index (χ2v) is 7.01. The summed E-state index contributed by atoms with van der Waals surface area (Å²) in [6.07, 6.45) is 0. The topological polar surface area (TPSA) is 70.5 Å². The Balaban J connectivity index is 1.95. The van der Waals surface area contributed by atoms with Gasteiger partial charge in [-0.2, -0.15) is 5.10 Å². The number of likely N-dealkylation sites (N-methyl/N-ethyl adjacent to an activating group) is 1. The number of hydrazine groups is 1. The second kappa shape index (κ2) is 7.33. The summed E-state index contributed by atoms with van der Waals surface area (Å²) in [5.74, 6) is -0.00170. The number of aromatic nitrogens is 2. The molecule has 0 bridgehead atoms. The molecule has 1 saturated heterocycles. The molecule has 2 aromatic rings. The highest BCUT2D eigenvalue weighted by Crippen LogP contribution is 2.14. The Kier molecular flexibility index (Phi) is 5.15. The first-order chi connectivity index (χ1) is 12.0. The van der Waals surface area contributed by atoms with Crippen LogP contribution in [0, 0.1) is 5.92 Å². The first kappa shape index (κ1) is 17.6. The molecule has 1 amide bonds. The number of piperazine rings is 1. The molecule has 0 spiro atoms. The lowest BCUT2D eigenvalue weighted by atomic mass is 10.1. The number of hydrogen-bond donors (Lipinski definition) is 1. The Morgan fingerprint density at radius 1 is 1.16 bits per heavy atom. The molecule has 1 fully saturated rings. The van der Waals surface area contributed by atoms with Gasteiger partial charge in [-0.3, -0.25) is 15.0 Å². The third kappa shape index (κ3) is 3.88. The van der Waals surface area contributed by atoms with Crippen molar-refractivity contribution in [1.29, 1.82) is 0 Å². The number of nitrogens with zero attached hydrogens (tertiary/aromatic N) is 4. The summed E-state index contributed by atoms with van der Waals surface area (Å²) in [7, 11) is 2.07. The molecule has 0 atom stereocenters. The molecular weight excluding hydrogens is 318 g/mol. The van der Waals surface area contributed by atoms with Gasteiger partial charge in [0.25, 0.3) is 11.5 Å². The number of carbonyl (C=O) groups excluding carboxylic acids is 1. The van der Waals surface area contributed by atoms with Crippen molar-refractivity contribution in [3.8, 4) is 0 Å². The Morgan fingerprint density at radius 3 is 2.44 bits per heavy atom. The second-order valence-electron chi connectivity index (χ2n) is 7.01. The van der Waals surface area contributed by atoms with Crippen LogP contribution in [0.4, 0.5) is 0 Å². The van der Waals surface area contributed by atoms with Crippen molar-refractivity contribution in [3.63, 3.8) is 0 Å². The van der Waals surface area contributed by atoms with Crippen LogP contribution in [0.15, 0.2) is 29.1 Å². The van der Waals surface area contributed by atoms with Gasteiger partial charge in [-0.15, -0.1) is 0 Å². The highest BCUT2D eigenvalue weighted by molar-refractivity contribution is 6.04. The largest absolute Gasteiger partial charge is 0.304 e. The van der Waals surface area contributed by atoms with Crippen LogP contribution in [-0.4, -0.2) is 58.8 Å². The van der Waals surface area contributed by atoms with Gasteiger partial charge in [0.05, 0.1) is 5.39 Å². The number of amides is 1. The minimum absolute atomic E-state index is 0.152. The van der Waals surface area contributed by atoms with E-state index in [0.717, 1.165) is 26.2 Å². The van der Waals surface area contributed by atoms with E-state index in [4.69, 9.17) is 0 Å². The van der Waals surface area contributed by atoms with E-state index in [1.54, 1.807) is 12.1 Å². The van der Waals surface area contributed by atoms with Gasteiger partial charge in [-0.25, -0.2) is 9.69 Å². The van der Waals surface area contributed by atoms with Crippen LogP contribution < -0.4 is 11.0 Å². The van der Waals surface area contributed by atoms with Crippen molar-refractivity contribution in [2.75, 3.05) is 33.2 Å². The van der Waals surface area contributed by atoms with Crippen LogP contribution in [0.3, 0.4) is 0 Å². The third-order valence-corrected chi connectivity index (χ3v) is 4.38. The van der Waals surface area contributed by atoms with Gasteiger partial charge in [-0.05, 0) is 19.0 Å². The molecule has 7 heteroatoms. The first-order valence-electron chi connectivity index (χ1n) is 8.70. The normalized spacial score (nSPS) is 16.5. The zero-order valence-corrected chi connectivity index (χ0v) is 15.0. The molecule has 1 aromatic carbocycles. The average molecular weight is 343 g/mol. The van der Waals surface area contributed by atoms with E-state index in [-0.39, 0.29) is 17.4 Å². The van der Waals surface area contributed by atoms with Crippen molar-refractivity contribution >= 4 is 16.7 Å². The molecule has 3 rings (SSSR count). The molecule has 0 radical (unpaired) electrons. The molecule has 1 N–H and O–H groups in total. The van der Waals surface area contributed by atoms with Crippen LogP contribution in [-0.2, 0) is 6.54 Å². The van der Waals surface area contributed by atoms with Gasteiger partial charge in [0.2, 0.25) is 0 Å². The Hall–Kier alpha value is -2.25. The molecule has 1 aromatic heterocycles. The monoisotopic (exact) mass is 343 g/mol. The van der Waals surface area contributed by atoms with Crippen molar-refractivity contribution in [2.45, 2.75) is 20.4 Å². The summed E-state index contributed by atoms with van der Waals surface area (Å²) >= 11 is 0. The fraction of sp³-hybridized carbons (Fsp3) is 0.500. The average Bonchev–Trinajstić information content (AvgIpc) is 2.59. The predicted octanol–water partition coefficient (Wildman–Crippen LogP) is 0.945. The van der Waals surface area contributed by atoms with Crippen LogP contribution in [0.2, 0.25) is 0 Å². The number of hydrogen-bond acceptors (Lipinski definition) is 5. The molecule has 25 heavy (non-hydrogen) atoms. The summed E-state index contributed by atoms with van der Waals surface area (Å²) in [4.78, 5) is 27.7. The number of rotatable bonds is 4. The maximum atomic E-state index is 12.8. The molecule has 2 heterocycles. The molecule has 0 unspecified atom stereocenters. The minimum Gasteiger partial charge on any atom is -0.304 e. The van der Waals surface area contributed by atoms with Gasteiger partial charge in [0.15, 0.2) is 5.69 Å². The van der Waals surface area contributed by atoms with E-state index in [1.165, 1.54) is 4.68 Å². The fourth-order valence-corrected chi connectivity index (χ4v) is 2.99. The zero-order valence-electron chi connectivity index (χ0n) is 15.0. The van der Waals surface area contributed by atoms with Gasteiger partial charge >= 0.3 is 0 Å². The fourth-order valence-electron chi connectivity index (χ4n) is 2.99. The van der Waals surface area contributed by atoms with Gasteiger partial charge in [0, 0.05) is 38.1 Å². The van der Waals surface area contributed by atoms with E-state index in [1.807, 2.05) is 31.0 Å². The zero-order chi connectivity index (χ0) is 18.0. The predicted molar refractivity (Wildman–Crippen MR) is 97.4 cm³/mol. The Labute approximate surface area is 147 Å². The van der Waals surface area contributed by atoms with E-state index >= 15 is 0 Å². The molecule has 1 aliphatic heterocycles. The van der Waals surface area contributed by atoms with Crippen molar-refractivity contribution in [2.24, 2.45) is 5.92 Å². The van der Waals surface area contributed by atoms with Crippen LogP contribution in [0.1, 0.15) is 24.3 Å². The van der Waals surface area contributed by atoms with Crippen LogP contribution in [0.5, 0.6) is 0 Å². The summed E-state index contributed by atoms with van der Waals surface area (Å²) in [6.45, 7) is 7.87. The molecule has 0 saturated carbocycles. The van der Waals surface area contributed by atoms with E-state index in [9.17, 15) is 9.59 Å². The lowest BCUT2D eigenvalue weighted by Crippen LogP contribution is -2.52. The SMILES string of the molecule is CC(C)Cn1nc(C(=O)NN2CCN(C)CC2)c2ccccc2c1=O. The quantitative estimate of drug-likeness (QED) is 0.895. The standard InChI is InChI=1S/C18H25N5O2/c1-13(2)12-23-18(25)15-7-5-4-6-14(15)16(19-23)17(24)20-22-10-8-21(3)9-11-22/h4-7,13H,8-12H2,1-3H3,(H,20,24). The highest BCUT2D eigenvalue weighted by Gasteiger charge is 2.21. The molecule has 1 aliphatic rings. The van der Waals surface area contributed by atoms with Crippen molar-refractivity contribution < 1.29 is 4.79 Å². The maximum Gasteiger partial charge on any atom is 0.286 e. The minimum atomic E-state index is -0.266. The van der Waals surface area contributed by atoms with Gasteiger partial charge in [-0.1, -0.05) is 32.0 Å². The lowest BCUT2D eigenvalue weighted by molar-refractivity contribution is 0.0657. The van der Waals surface area contributed by atoms with Crippen molar-refractivity contribution in [3.05, 3.63) is 40.3 Å². The smallest absolute Gasteiger partial charge is 0.286 e. The van der Waals surface area contributed by atoms with Gasteiger partial charge < -0.3 is 4.90 Å². The highest BCUT2D eigenvalue weighted by atomic mass is 16.2. The van der Waals surface area contributed by atoms with E-state index in [2.05, 4.69) is 22.5 Å². The first-order valence-corrected chi connectivity index (χ1v) is 8.70. The maximum absolute atomic E-state index is 12.8. The van der Waals surface area contributed by atoms with Gasteiger partial charge in [0.1, 0.15) is 0 Å².